The summed E-state index contributed by atoms with van der Waals surface area (Å²) in [6.07, 6.45) is 3.41. The minimum atomic E-state index is 0.0841. The van der Waals surface area contributed by atoms with E-state index in [0.29, 0.717) is 0 Å². The first-order valence-electron chi connectivity index (χ1n) is 9.84. The number of ether oxygens (including phenoxy) is 2. The predicted octanol–water partition coefficient (Wildman–Crippen LogP) is 2.93. The van der Waals surface area contributed by atoms with Crippen molar-refractivity contribution in [3.8, 4) is 5.75 Å². The Balaban J connectivity index is 1.35. The topological polar surface area (TPSA) is 42.0 Å². The molecule has 2 aliphatic heterocycles. The highest BCUT2D eigenvalue weighted by atomic mass is 16.5. The van der Waals surface area contributed by atoms with Crippen LogP contribution in [0.15, 0.2) is 42.5 Å². The Hall–Kier alpha value is -2.11. The van der Waals surface area contributed by atoms with Crippen LogP contribution in [0.2, 0.25) is 0 Å². The molecular formula is C22H28N2O3. The van der Waals surface area contributed by atoms with Crippen LogP contribution < -0.4 is 4.74 Å². The Labute approximate surface area is 160 Å². The molecule has 1 spiro atoms. The molecule has 0 aliphatic carbocycles. The molecule has 5 heteroatoms. The molecule has 4 rings (SSSR count). The van der Waals surface area contributed by atoms with Gasteiger partial charge in [-0.1, -0.05) is 30.3 Å². The van der Waals surface area contributed by atoms with E-state index in [9.17, 15) is 4.79 Å². The summed E-state index contributed by atoms with van der Waals surface area (Å²) >= 11 is 0. The van der Waals surface area contributed by atoms with E-state index in [4.69, 9.17) is 9.47 Å². The molecule has 2 saturated heterocycles. The average Bonchev–Trinajstić information content (AvgIpc) is 2.71. The van der Waals surface area contributed by atoms with Gasteiger partial charge in [-0.2, -0.15) is 0 Å². The predicted molar refractivity (Wildman–Crippen MR) is 106 cm³/mol. The van der Waals surface area contributed by atoms with Gasteiger partial charge in [-0.25, -0.2) is 0 Å². The molecule has 1 amide bonds. The summed E-state index contributed by atoms with van der Waals surface area (Å²) in [7, 11) is 1.74. The number of hydrogen-bond donors (Lipinski definition) is 0. The van der Waals surface area contributed by atoms with Crippen LogP contribution >= 0.6 is 0 Å². The van der Waals surface area contributed by atoms with Crippen LogP contribution in [0.25, 0.3) is 10.8 Å². The van der Waals surface area contributed by atoms with Crippen molar-refractivity contribution in [3.05, 3.63) is 42.5 Å². The van der Waals surface area contributed by atoms with Gasteiger partial charge in [-0.05, 0) is 42.2 Å². The summed E-state index contributed by atoms with van der Waals surface area (Å²) in [5.74, 6) is 0.833. The highest BCUT2D eigenvalue weighted by molar-refractivity contribution is 5.84. The molecule has 1 atom stereocenters. The van der Waals surface area contributed by atoms with E-state index in [-0.39, 0.29) is 18.1 Å². The largest absolute Gasteiger partial charge is 0.484 e. The third-order valence-corrected chi connectivity index (χ3v) is 6.07. The molecule has 0 radical (unpaired) electrons. The molecular weight excluding hydrogens is 340 g/mol. The van der Waals surface area contributed by atoms with Crippen molar-refractivity contribution in [2.45, 2.75) is 24.8 Å². The van der Waals surface area contributed by atoms with Crippen molar-refractivity contribution >= 4 is 16.7 Å². The molecule has 0 N–H and O–H groups in total. The first kappa shape index (κ1) is 18.3. The number of nitrogens with zero attached hydrogens (tertiary/aromatic N) is 2. The first-order valence-corrected chi connectivity index (χ1v) is 9.84. The number of hydrogen-bond acceptors (Lipinski definition) is 4. The van der Waals surface area contributed by atoms with E-state index in [1.807, 2.05) is 35.2 Å². The van der Waals surface area contributed by atoms with Crippen LogP contribution in [0.3, 0.4) is 0 Å². The molecule has 144 valence electrons. The van der Waals surface area contributed by atoms with Crippen molar-refractivity contribution < 1.29 is 14.3 Å². The van der Waals surface area contributed by atoms with Gasteiger partial charge >= 0.3 is 0 Å². The second-order valence-electron chi connectivity index (χ2n) is 7.67. The number of benzene rings is 2. The quantitative estimate of drug-likeness (QED) is 0.786. The monoisotopic (exact) mass is 368 g/mol. The van der Waals surface area contributed by atoms with E-state index < -0.39 is 0 Å². The van der Waals surface area contributed by atoms with Gasteiger partial charge in [0.25, 0.3) is 5.91 Å². The summed E-state index contributed by atoms with van der Waals surface area (Å²) in [4.78, 5) is 17.2. The fourth-order valence-electron chi connectivity index (χ4n) is 4.42. The molecule has 0 bridgehead atoms. The van der Waals surface area contributed by atoms with Crippen molar-refractivity contribution in [3.63, 3.8) is 0 Å². The van der Waals surface area contributed by atoms with Gasteiger partial charge in [-0.3, -0.25) is 9.69 Å². The highest BCUT2D eigenvalue weighted by Crippen LogP contribution is 2.38. The summed E-state index contributed by atoms with van der Waals surface area (Å²) < 4.78 is 11.0. The minimum Gasteiger partial charge on any atom is -0.484 e. The van der Waals surface area contributed by atoms with E-state index in [2.05, 4.69) is 17.0 Å². The van der Waals surface area contributed by atoms with Gasteiger partial charge in [0.2, 0.25) is 0 Å². The number of carbonyl (C=O) groups excluding carboxylic acids is 1. The number of carbonyl (C=O) groups is 1. The Morgan fingerprint density at radius 3 is 2.74 bits per heavy atom. The van der Waals surface area contributed by atoms with Crippen LogP contribution in [0, 0.1) is 0 Å². The molecule has 2 aliphatic rings. The second-order valence-corrected chi connectivity index (χ2v) is 7.67. The molecule has 0 saturated carbocycles. The lowest BCUT2D eigenvalue weighted by Gasteiger charge is -2.57. The molecule has 0 unspecified atom stereocenters. The van der Waals surface area contributed by atoms with Crippen molar-refractivity contribution in [1.82, 2.24) is 9.80 Å². The maximum atomic E-state index is 12.7. The molecule has 2 fully saturated rings. The number of fused-ring (bicyclic) bond motifs is 1. The minimum absolute atomic E-state index is 0.0841. The normalized spacial score (nSPS) is 22.8. The third-order valence-electron chi connectivity index (χ3n) is 6.07. The molecule has 5 nitrogen and oxygen atoms in total. The third kappa shape index (κ3) is 3.80. The number of rotatable bonds is 6. The maximum absolute atomic E-state index is 12.7. The zero-order valence-corrected chi connectivity index (χ0v) is 16.0. The lowest BCUT2D eigenvalue weighted by atomic mass is 9.77. The first-order chi connectivity index (χ1) is 13.2. The van der Waals surface area contributed by atoms with Crippen molar-refractivity contribution in [2.75, 3.05) is 46.5 Å². The van der Waals surface area contributed by atoms with Gasteiger partial charge in [-0.15, -0.1) is 0 Å². The van der Waals surface area contributed by atoms with Crippen LogP contribution in [-0.4, -0.2) is 67.7 Å². The Morgan fingerprint density at radius 2 is 1.96 bits per heavy atom. The number of likely N-dealkylation sites (tertiary alicyclic amines) is 2. The molecule has 27 heavy (non-hydrogen) atoms. The summed E-state index contributed by atoms with van der Waals surface area (Å²) in [6.45, 7) is 4.56. The summed E-state index contributed by atoms with van der Waals surface area (Å²) in [5.41, 5.74) is 0.162. The van der Waals surface area contributed by atoms with Gasteiger partial charge in [0, 0.05) is 38.8 Å². The molecule has 2 aromatic rings. The Morgan fingerprint density at radius 1 is 1.11 bits per heavy atom. The van der Waals surface area contributed by atoms with Crippen LogP contribution in [0.4, 0.5) is 0 Å². The number of methoxy groups -OCH3 is 1. The molecule has 2 aromatic carbocycles. The smallest absolute Gasteiger partial charge is 0.260 e. The zero-order chi connectivity index (χ0) is 18.7. The highest BCUT2D eigenvalue weighted by Gasteiger charge is 2.47. The average molecular weight is 368 g/mol. The number of piperidine rings is 1. The maximum Gasteiger partial charge on any atom is 0.260 e. The van der Waals surface area contributed by atoms with Crippen molar-refractivity contribution in [1.29, 1.82) is 0 Å². The van der Waals surface area contributed by atoms with Gasteiger partial charge in [0.05, 0.1) is 6.61 Å². The Bertz CT molecular complexity index is 809. The van der Waals surface area contributed by atoms with Crippen LogP contribution in [-0.2, 0) is 9.53 Å². The standard InChI is InChI=1S/C22H28N2O3/c1-26-14-13-24-12-10-22(24)9-4-11-23(17-22)21(25)16-27-20-8-7-18-5-2-3-6-19(18)15-20/h2-3,5-8,15H,4,9-14,16-17H2,1H3/t22-/m1/s1. The fraction of sp³-hybridized carbons (Fsp3) is 0.500. The van der Waals surface area contributed by atoms with Crippen LogP contribution in [0.5, 0.6) is 5.75 Å². The second kappa shape index (κ2) is 7.87. The van der Waals surface area contributed by atoms with Crippen molar-refractivity contribution in [2.24, 2.45) is 0 Å². The SMILES string of the molecule is COCCN1CC[C@@]12CCCN(C(=O)COc1ccc3ccccc3c1)C2. The van der Waals surface area contributed by atoms with Gasteiger partial charge in [0.15, 0.2) is 6.61 Å². The lowest BCUT2D eigenvalue weighted by Crippen LogP contribution is -2.68. The lowest BCUT2D eigenvalue weighted by molar-refractivity contribution is -0.142. The van der Waals surface area contributed by atoms with E-state index in [1.54, 1.807) is 7.11 Å². The van der Waals surface area contributed by atoms with E-state index >= 15 is 0 Å². The number of amides is 1. The summed E-state index contributed by atoms with van der Waals surface area (Å²) in [5, 5.41) is 2.30. The molecule has 0 aromatic heterocycles. The van der Waals surface area contributed by atoms with E-state index in [1.165, 1.54) is 18.2 Å². The summed E-state index contributed by atoms with van der Waals surface area (Å²) in [6, 6.07) is 14.1. The fourth-order valence-corrected chi connectivity index (χ4v) is 4.42. The van der Waals surface area contributed by atoms with Crippen LogP contribution in [0.1, 0.15) is 19.3 Å². The van der Waals surface area contributed by atoms with E-state index in [0.717, 1.165) is 50.3 Å². The zero-order valence-electron chi connectivity index (χ0n) is 16.0. The Kier molecular flexibility index (Phi) is 5.32. The molecule has 2 heterocycles. The van der Waals surface area contributed by atoms with Gasteiger partial charge in [0.1, 0.15) is 5.75 Å². The van der Waals surface area contributed by atoms with Gasteiger partial charge < -0.3 is 14.4 Å².